The van der Waals surface area contributed by atoms with Gasteiger partial charge in [0.1, 0.15) is 11.4 Å². The number of hydroxylamine groups is 1. The number of hydrogen-bond acceptors (Lipinski definition) is 7. The molecule has 0 saturated carbocycles. The number of ketones is 2. The molecule has 7 heteroatoms. The van der Waals surface area contributed by atoms with E-state index < -0.39 is 29.3 Å². The van der Waals surface area contributed by atoms with Crippen molar-refractivity contribution in [3.63, 3.8) is 0 Å². The molecule has 0 spiro atoms. The molecular formula is C20H21NO6. The van der Waals surface area contributed by atoms with Crippen LogP contribution in [-0.4, -0.2) is 41.7 Å². The average molecular weight is 371 g/mol. The molecule has 0 aliphatic heterocycles. The number of nitrogens with zero attached hydrogens (tertiary/aromatic N) is 1. The summed E-state index contributed by atoms with van der Waals surface area (Å²) in [5.41, 5.74) is -0.0124. The first-order valence-electron chi connectivity index (χ1n) is 8.68. The van der Waals surface area contributed by atoms with Crippen molar-refractivity contribution in [3.05, 3.63) is 52.6 Å². The lowest BCUT2D eigenvalue weighted by atomic mass is 9.82. The molecule has 1 unspecified atom stereocenters. The second-order valence-corrected chi connectivity index (χ2v) is 6.04. The zero-order chi connectivity index (χ0) is 19.7. The van der Waals surface area contributed by atoms with Crippen LogP contribution in [0, 0.1) is 0 Å². The number of hydrogen-bond donors (Lipinski definition) is 2. The maximum atomic E-state index is 12.9. The summed E-state index contributed by atoms with van der Waals surface area (Å²) in [5, 5.41) is 22.6. The number of benzene rings is 2. The quantitative estimate of drug-likeness (QED) is 0.391. The zero-order valence-electron chi connectivity index (χ0n) is 15.4. The fourth-order valence-corrected chi connectivity index (χ4v) is 3.33. The van der Waals surface area contributed by atoms with Gasteiger partial charge in [-0.3, -0.25) is 14.4 Å². The molecule has 7 nitrogen and oxygen atoms in total. The van der Waals surface area contributed by atoms with Gasteiger partial charge in [0, 0.05) is 23.8 Å². The van der Waals surface area contributed by atoms with Crippen LogP contribution < -0.4 is 5.06 Å². The molecule has 0 radical (unpaired) electrons. The summed E-state index contributed by atoms with van der Waals surface area (Å²) in [6.07, 6.45) is -0.0284. The van der Waals surface area contributed by atoms with Gasteiger partial charge >= 0.3 is 0 Å². The van der Waals surface area contributed by atoms with E-state index in [1.165, 1.54) is 30.4 Å². The lowest BCUT2D eigenvalue weighted by Crippen LogP contribution is -2.36. The molecule has 2 aromatic carbocycles. The third kappa shape index (κ3) is 2.94. The van der Waals surface area contributed by atoms with Gasteiger partial charge in [0.15, 0.2) is 23.5 Å². The Kier molecular flexibility index (Phi) is 5.16. The number of anilines is 1. The number of rotatable bonds is 6. The van der Waals surface area contributed by atoms with Gasteiger partial charge in [-0.05, 0) is 13.3 Å². The number of phenols is 2. The van der Waals surface area contributed by atoms with Gasteiger partial charge in [0.25, 0.3) is 0 Å². The number of ether oxygens (including phenoxy) is 1. The van der Waals surface area contributed by atoms with Gasteiger partial charge in [-0.2, -0.15) is 0 Å². The highest BCUT2D eigenvalue weighted by molar-refractivity contribution is 6.30. The maximum absolute atomic E-state index is 12.9. The van der Waals surface area contributed by atoms with Crippen molar-refractivity contribution in [2.75, 3.05) is 18.8 Å². The Labute approximate surface area is 156 Å². The van der Waals surface area contributed by atoms with E-state index in [0.29, 0.717) is 13.0 Å². The van der Waals surface area contributed by atoms with Crippen molar-refractivity contribution in [1.29, 1.82) is 0 Å². The second kappa shape index (κ2) is 7.38. The largest absolute Gasteiger partial charge is 0.507 e. The molecule has 0 fully saturated rings. The first kappa shape index (κ1) is 18.9. The van der Waals surface area contributed by atoms with E-state index in [9.17, 15) is 19.8 Å². The molecule has 1 aliphatic rings. The van der Waals surface area contributed by atoms with Gasteiger partial charge in [0.05, 0.1) is 18.2 Å². The topological polar surface area (TPSA) is 96.3 Å². The summed E-state index contributed by atoms with van der Waals surface area (Å²) in [7, 11) is 1.39. The number of phenolic OH excluding ortho intramolecular Hbond substituents is 2. The van der Waals surface area contributed by atoms with Crippen LogP contribution in [0.2, 0.25) is 0 Å². The van der Waals surface area contributed by atoms with Crippen molar-refractivity contribution in [2.24, 2.45) is 0 Å². The van der Waals surface area contributed by atoms with Crippen LogP contribution in [0.4, 0.5) is 5.69 Å². The van der Waals surface area contributed by atoms with Crippen LogP contribution in [0.15, 0.2) is 30.3 Å². The molecule has 0 heterocycles. The summed E-state index contributed by atoms with van der Waals surface area (Å²) >= 11 is 0. The van der Waals surface area contributed by atoms with Crippen molar-refractivity contribution in [3.8, 4) is 11.5 Å². The van der Waals surface area contributed by atoms with Gasteiger partial charge in [-0.15, -0.1) is 0 Å². The summed E-state index contributed by atoms with van der Waals surface area (Å²) in [5.74, 6) is -1.88. The minimum atomic E-state index is -0.551. The van der Waals surface area contributed by atoms with Crippen LogP contribution in [0.1, 0.15) is 52.1 Å². The van der Waals surface area contributed by atoms with Gasteiger partial charge < -0.3 is 14.9 Å². The predicted molar refractivity (Wildman–Crippen MR) is 98.3 cm³/mol. The molecule has 2 aromatic rings. The van der Waals surface area contributed by atoms with Crippen LogP contribution in [0.25, 0.3) is 0 Å². The van der Waals surface area contributed by atoms with Gasteiger partial charge in [-0.1, -0.05) is 31.2 Å². The van der Waals surface area contributed by atoms with Gasteiger partial charge in [-0.25, -0.2) is 5.06 Å². The van der Waals surface area contributed by atoms with Crippen LogP contribution in [-0.2, 0) is 9.57 Å². The Morgan fingerprint density at radius 1 is 1.04 bits per heavy atom. The van der Waals surface area contributed by atoms with Crippen molar-refractivity contribution in [2.45, 2.75) is 26.5 Å². The first-order chi connectivity index (χ1) is 13.0. The summed E-state index contributed by atoms with van der Waals surface area (Å²) in [6.45, 7) is 4.09. The molecule has 0 bridgehead atoms. The van der Waals surface area contributed by atoms with E-state index >= 15 is 0 Å². The number of carbonyl (C=O) groups excluding carboxylic acids is 2. The average Bonchev–Trinajstić information content (AvgIpc) is 2.68. The Morgan fingerprint density at radius 3 is 2.15 bits per heavy atom. The van der Waals surface area contributed by atoms with E-state index in [1.54, 1.807) is 12.1 Å². The smallest absolute Gasteiger partial charge is 0.198 e. The normalized spacial score (nSPS) is 13.9. The lowest BCUT2D eigenvalue weighted by Gasteiger charge is -2.31. The van der Waals surface area contributed by atoms with Crippen molar-refractivity contribution in [1.82, 2.24) is 0 Å². The summed E-state index contributed by atoms with van der Waals surface area (Å²) in [4.78, 5) is 31.1. The summed E-state index contributed by atoms with van der Waals surface area (Å²) in [6, 6.07) is 7.52. The minimum absolute atomic E-state index is 0.0505. The van der Waals surface area contributed by atoms with E-state index in [0.717, 1.165) is 0 Å². The molecule has 0 aromatic heterocycles. The zero-order valence-corrected chi connectivity index (χ0v) is 15.4. The van der Waals surface area contributed by atoms with Crippen molar-refractivity contribution < 1.29 is 29.4 Å². The highest BCUT2D eigenvalue weighted by Crippen LogP contribution is 2.44. The molecule has 2 N–H and O–H groups in total. The van der Waals surface area contributed by atoms with E-state index in [-0.39, 0.29) is 27.9 Å². The molecule has 1 aliphatic carbocycles. The van der Waals surface area contributed by atoms with Gasteiger partial charge in [0.2, 0.25) is 0 Å². The molecule has 0 amide bonds. The monoisotopic (exact) mass is 371 g/mol. The van der Waals surface area contributed by atoms with E-state index in [1.807, 2.05) is 13.8 Å². The van der Waals surface area contributed by atoms with E-state index in [4.69, 9.17) is 9.57 Å². The van der Waals surface area contributed by atoms with Crippen LogP contribution >= 0.6 is 0 Å². The number of aromatic hydroxyl groups is 2. The molecule has 1 atom stereocenters. The molecule has 142 valence electrons. The summed E-state index contributed by atoms with van der Waals surface area (Å²) < 4.78 is 5.60. The Hall–Kier alpha value is -2.90. The molecule has 0 saturated heterocycles. The number of carbonyl (C=O) groups is 2. The SMILES string of the molecule is CCOC(CC)N(OC)c1cc(O)c2c(c1O)C(=O)c1ccccc1C2=O. The minimum Gasteiger partial charge on any atom is -0.507 e. The molecule has 3 rings (SSSR count). The molecular weight excluding hydrogens is 350 g/mol. The van der Waals surface area contributed by atoms with Crippen molar-refractivity contribution >= 4 is 17.3 Å². The predicted octanol–water partition coefficient (Wildman–Crippen LogP) is 3.01. The number of fused-ring (bicyclic) bond motifs is 2. The molecule has 27 heavy (non-hydrogen) atoms. The highest BCUT2D eigenvalue weighted by atomic mass is 16.7. The first-order valence-corrected chi connectivity index (χ1v) is 8.68. The highest BCUT2D eigenvalue weighted by Gasteiger charge is 2.37. The second-order valence-electron chi connectivity index (χ2n) is 6.04. The fraction of sp³-hybridized carbons (Fsp3) is 0.300. The Bertz CT molecular complexity index is 908. The van der Waals surface area contributed by atoms with Crippen LogP contribution in [0.5, 0.6) is 11.5 Å². The standard InChI is InChI=1S/C20H21NO6/c1-4-15(27-5-2)21(26-3)13-10-14(22)16-17(20(13)25)19(24)12-9-7-6-8-11(12)18(16)23/h6-10,15,22,25H,4-5H2,1-3H3. The van der Waals surface area contributed by atoms with E-state index in [2.05, 4.69) is 0 Å². The third-order valence-electron chi connectivity index (χ3n) is 4.53. The Morgan fingerprint density at radius 2 is 1.63 bits per heavy atom. The Balaban J connectivity index is 2.21. The third-order valence-corrected chi connectivity index (χ3v) is 4.53. The lowest BCUT2D eigenvalue weighted by molar-refractivity contribution is -0.0195. The fourth-order valence-electron chi connectivity index (χ4n) is 3.33. The maximum Gasteiger partial charge on any atom is 0.198 e. The van der Waals surface area contributed by atoms with Crippen LogP contribution in [0.3, 0.4) is 0 Å².